The first-order valence-corrected chi connectivity index (χ1v) is 6.42. The molecule has 0 saturated heterocycles. The van der Waals surface area contributed by atoms with Gasteiger partial charge in [-0.2, -0.15) is 5.26 Å². The second-order valence-electron chi connectivity index (χ2n) is 3.26. The Morgan fingerprint density at radius 3 is 2.24 bits per heavy atom. The largest absolute Gasteiger partial charge is 0.455 e. The lowest BCUT2D eigenvalue weighted by Crippen LogP contribution is -1.89. The fourth-order valence-electron chi connectivity index (χ4n) is 1.34. The monoisotopic (exact) mass is 351 g/mol. The predicted octanol–water partition coefficient (Wildman–Crippen LogP) is 4.88. The standard InChI is InChI=1S/C13H7Br2NO/c14-10-5-3-7-12(9(10)8-16)17-13-6-2-1-4-11(13)15/h1-7H. The molecule has 0 atom stereocenters. The molecule has 4 heteroatoms. The molecule has 0 heterocycles. The molecule has 0 unspecified atom stereocenters. The van der Waals surface area contributed by atoms with E-state index in [9.17, 15) is 0 Å². The fourth-order valence-corrected chi connectivity index (χ4v) is 2.15. The molecule has 0 aliphatic heterocycles. The number of hydrogen-bond donors (Lipinski definition) is 0. The van der Waals surface area contributed by atoms with Crippen LogP contribution in [0.25, 0.3) is 0 Å². The van der Waals surface area contributed by atoms with Gasteiger partial charge < -0.3 is 4.74 Å². The highest BCUT2D eigenvalue weighted by Crippen LogP contribution is 2.33. The lowest BCUT2D eigenvalue weighted by Gasteiger charge is -2.09. The van der Waals surface area contributed by atoms with Crippen molar-refractivity contribution < 1.29 is 4.74 Å². The van der Waals surface area contributed by atoms with Gasteiger partial charge in [-0.05, 0) is 56.1 Å². The summed E-state index contributed by atoms with van der Waals surface area (Å²) in [7, 11) is 0. The van der Waals surface area contributed by atoms with Gasteiger partial charge in [-0.25, -0.2) is 0 Å². The van der Waals surface area contributed by atoms with Crippen LogP contribution >= 0.6 is 31.9 Å². The Bertz CT molecular complexity index is 590. The van der Waals surface area contributed by atoms with E-state index in [0.29, 0.717) is 17.1 Å². The van der Waals surface area contributed by atoms with Crippen LogP contribution in [0.5, 0.6) is 11.5 Å². The molecule has 0 aromatic heterocycles. The topological polar surface area (TPSA) is 33.0 Å². The minimum Gasteiger partial charge on any atom is -0.455 e. The maximum Gasteiger partial charge on any atom is 0.146 e. The van der Waals surface area contributed by atoms with E-state index in [4.69, 9.17) is 10.00 Å². The molecule has 2 rings (SSSR count). The minimum absolute atomic E-state index is 0.489. The molecule has 0 spiro atoms. The van der Waals surface area contributed by atoms with Gasteiger partial charge in [-0.3, -0.25) is 0 Å². The maximum atomic E-state index is 9.07. The molecule has 2 aromatic carbocycles. The lowest BCUT2D eigenvalue weighted by atomic mass is 10.2. The van der Waals surface area contributed by atoms with Crippen LogP contribution < -0.4 is 4.74 Å². The first-order chi connectivity index (χ1) is 8.22. The molecule has 0 N–H and O–H groups in total. The number of hydrogen-bond acceptors (Lipinski definition) is 2. The summed E-state index contributed by atoms with van der Waals surface area (Å²) in [4.78, 5) is 0. The molecule has 2 nitrogen and oxygen atoms in total. The second kappa shape index (κ2) is 5.35. The van der Waals surface area contributed by atoms with Crippen LogP contribution in [0.15, 0.2) is 51.4 Å². The highest BCUT2D eigenvalue weighted by Gasteiger charge is 2.09. The average molecular weight is 353 g/mol. The number of benzene rings is 2. The molecular weight excluding hydrogens is 346 g/mol. The molecule has 0 aliphatic rings. The van der Waals surface area contributed by atoms with E-state index in [2.05, 4.69) is 37.9 Å². The third-order valence-corrected chi connectivity index (χ3v) is 3.46. The van der Waals surface area contributed by atoms with Gasteiger partial charge in [0.1, 0.15) is 23.1 Å². The summed E-state index contributed by atoms with van der Waals surface area (Å²) in [6.45, 7) is 0. The van der Waals surface area contributed by atoms with Crippen molar-refractivity contribution in [3.05, 3.63) is 57.0 Å². The second-order valence-corrected chi connectivity index (χ2v) is 4.97. The number of halogens is 2. The van der Waals surface area contributed by atoms with Crippen LogP contribution in [0.2, 0.25) is 0 Å². The van der Waals surface area contributed by atoms with Gasteiger partial charge in [-0.15, -0.1) is 0 Å². The lowest BCUT2D eigenvalue weighted by molar-refractivity contribution is 0.477. The fraction of sp³-hybridized carbons (Fsp3) is 0. The van der Waals surface area contributed by atoms with Crippen molar-refractivity contribution in [3.63, 3.8) is 0 Å². The van der Waals surface area contributed by atoms with Gasteiger partial charge in [-0.1, -0.05) is 18.2 Å². The Morgan fingerprint density at radius 2 is 1.53 bits per heavy atom. The van der Waals surface area contributed by atoms with Crippen molar-refractivity contribution in [2.24, 2.45) is 0 Å². The van der Waals surface area contributed by atoms with Crippen molar-refractivity contribution in [2.45, 2.75) is 0 Å². The zero-order valence-electron chi connectivity index (χ0n) is 8.65. The van der Waals surface area contributed by atoms with Crippen LogP contribution in [0.3, 0.4) is 0 Å². The molecule has 0 saturated carbocycles. The summed E-state index contributed by atoms with van der Waals surface area (Å²) < 4.78 is 7.29. The Balaban J connectivity index is 2.41. The summed E-state index contributed by atoms with van der Waals surface area (Å²) in [5.74, 6) is 1.22. The van der Waals surface area contributed by atoms with Crippen molar-refractivity contribution in [2.75, 3.05) is 0 Å². The van der Waals surface area contributed by atoms with Gasteiger partial charge in [0.15, 0.2) is 0 Å². The first-order valence-electron chi connectivity index (χ1n) is 4.83. The van der Waals surface area contributed by atoms with Crippen molar-refractivity contribution >= 4 is 31.9 Å². The normalized spacial score (nSPS) is 9.71. The summed E-state index contributed by atoms with van der Waals surface area (Å²) in [6.07, 6.45) is 0. The van der Waals surface area contributed by atoms with Crippen molar-refractivity contribution in [3.8, 4) is 17.6 Å². The van der Waals surface area contributed by atoms with Crippen molar-refractivity contribution in [1.82, 2.24) is 0 Å². The Labute approximate surface area is 116 Å². The van der Waals surface area contributed by atoms with Gasteiger partial charge in [0.25, 0.3) is 0 Å². The number of ether oxygens (including phenoxy) is 1. The number of nitrogens with zero attached hydrogens (tertiary/aromatic N) is 1. The van der Waals surface area contributed by atoms with Gasteiger partial charge in [0.2, 0.25) is 0 Å². The molecule has 0 aliphatic carbocycles. The van der Waals surface area contributed by atoms with Crippen molar-refractivity contribution in [1.29, 1.82) is 5.26 Å². The van der Waals surface area contributed by atoms with Gasteiger partial charge in [0.05, 0.1) is 4.47 Å². The van der Waals surface area contributed by atoms with Crippen LogP contribution in [0.4, 0.5) is 0 Å². The molecule has 0 bridgehead atoms. The van der Waals surface area contributed by atoms with Crippen LogP contribution in [-0.4, -0.2) is 0 Å². The molecule has 0 fully saturated rings. The zero-order chi connectivity index (χ0) is 12.3. The third kappa shape index (κ3) is 2.68. The van der Waals surface area contributed by atoms with E-state index < -0.39 is 0 Å². The zero-order valence-corrected chi connectivity index (χ0v) is 11.8. The first kappa shape index (κ1) is 12.2. The molecule has 0 amide bonds. The van der Waals surface area contributed by atoms with Crippen LogP contribution in [0, 0.1) is 11.3 Å². The third-order valence-electron chi connectivity index (χ3n) is 2.14. The maximum absolute atomic E-state index is 9.07. The molecule has 17 heavy (non-hydrogen) atoms. The number of nitriles is 1. The van der Waals surface area contributed by atoms with E-state index in [1.807, 2.05) is 36.4 Å². The summed E-state index contributed by atoms with van der Waals surface area (Å²) >= 11 is 6.72. The van der Waals surface area contributed by atoms with Crippen LogP contribution in [-0.2, 0) is 0 Å². The Morgan fingerprint density at radius 1 is 0.882 bits per heavy atom. The summed E-state index contributed by atoms with van der Waals surface area (Å²) in [5, 5.41) is 9.07. The predicted molar refractivity (Wildman–Crippen MR) is 73.1 cm³/mol. The summed E-state index contributed by atoms with van der Waals surface area (Å²) in [5.41, 5.74) is 0.489. The van der Waals surface area contributed by atoms with Crippen LogP contribution in [0.1, 0.15) is 5.56 Å². The van der Waals surface area contributed by atoms with E-state index in [-0.39, 0.29) is 0 Å². The molecule has 84 valence electrons. The molecule has 0 radical (unpaired) electrons. The van der Waals surface area contributed by atoms with E-state index in [1.165, 1.54) is 0 Å². The molecule has 2 aromatic rings. The SMILES string of the molecule is N#Cc1c(Br)cccc1Oc1ccccc1Br. The average Bonchev–Trinajstić information content (AvgIpc) is 2.32. The smallest absolute Gasteiger partial charge is 0.146 e. The summed E-state index contributed by atoms with van der Waals surface area (Å²) in [6, 6.07) is 15.0. The van der Waals surface area contributed by atoms with Gasteiger partial charge >= 0.3 is 0 Å². The van der Waals surface area contributed by atoms with E-state index in [0.717, 1.165) is 8.95 Å². The highest BCUT2D eigenvalue weighted by molar-refractivity contribution is 9.10. The Hall–Kier alpha value is -1.31. The quantitative estimate of drug-likeness (QED) is 0.771. The number of para-hydroxylation sites is 1. The Kier molecular flexibility index (Phi) is 3.82. The van der Waals surface area contributed by atoms with E-state index in [1.54, 1.807) is 6.07 Å². The number of rotatable bonds is 2. The molecular formula is C13H7Br2NO. The van der Waals surface area contributed by atoms with E-state index >= 15 is 0 Å². The highest BCUT2D eigenvalue weighted by atomic mass is 79.9. The van der Waals surface area contributed by atoms with Gasteiger partial charge in [0, 0.05) is 4.47 Å². The minimum atomic E-state index is 0.489.